The van der Waals surface area contributed by atoms with Crippen molar-refractivity contribution >= 4 is 41.3 Å². The molecule has 0 aliphatic carbocycles. The van der Waals surface area contributed by atoms with Gasteiger partial charge in [-0.1, -0.05) is 6.07 Å². The highest BCUT2D eigenvalue weighted by Gasteiger charge is 2.41. The fraction of sp³-hybridized carbons (Fsp3) is 0.469. The number of ether oxygens (including phenoxy) is 5. The predicted molar refractivity (Wildman–Crippen MR) is 172 cm³/mol. The summed E-state index contributed by atoms with van der Waals surface area (Å²) in [4.78, 5) is 53.4. The minimum Gasteiger partial charge on any atom is -0.496 e. The molecule has 0 fully saturated rings. The molecule has 1 aromatic carbocycles. The average molecular weight is 626 g/mol. The molecule has 0 atom stereocenters. The fourth-order valence-electron chi connectivity index (χ4n) is 4.56. The van der Waals surface area contributed by atoms with E-state index in [1.54, 1.807) is 72.7 Å². The maximum absolute atomic E-state index is 14.1. The van der Waals surface area contributed by atoms with E-state index >= 15 is 0 Å². The Morgan fingerprint density at radius 3 is 1.89 bits per heavy atom. The summed E-state index contributed by atoms with van der Waals surface area (Å²) in [5.41, 5.74) is -0.162. The summed E-state index contributed by atoms with van der Waals surface area (Å²) >= 11 is 0. The molecule has 244 valence electrons. The van der Waals surface area contributed by atoms with Gasteiger partial charge in [-0.25, -0.2) is 9.59 Å². The van der Waals surface area contributed by atoms with E-state index < -0.39 is 29.3 Å². The van der Waals surface area contributed by atoms with Crippen molar-refractivity contribution < 1.29 is 38.1 Å². The van der Waals surface area contributed by atoms with Crippen molar-refractivity contribution in [1.29, 1.82) is 0 Å². The number of aliphatic imine (C=N–C) groups is 1. The minimum atomic E-state index is -1.08. The van der Waals surface area contributed by atoms with Crippen LogP contribution in [0.25, 0.3) is 16.7 Å². The van der Waals surface area contributed by atoms with E-state index in [0.717, 1.165) is 0 Å². The molecule has 2 aromatic heterocycles. The zero-order valence-corrected chi connectivity index (χ0v) is 28.3. The van der Waals surface area contributed by atoms with Gasteiger partial charge in [-0.15, -0.1) is 0 Å². The van der Waals surface area contributed by atoms with E-state index in [1.165, 1.54) is 32.2 Å². The molecule has 3 aromatic rings. The third kappa shape index (κ3) is 7.47. The fourth-order valence-corrected chi connectivity index (χ4v) is 4.56. The zero-order chi connectivity index (χ0) is 34.0. The largest absolute Gasteiger partial charge is 0.496 e. The van der Waals surface area contributed by atoms with Crippen molar-refractivity contribution in [1.82, 2.24) is 14.5 Å². The molecule has 0 aliphatic heterocycles. The highest BCUT2D eigenvalue weighted by molar-refractivity contribution is 6.20. The number of rotatable bonds is 7. The number of imide groups is 1. The average Bonchev–Trinajstić information content (AvgIpc) is 3.22. The smallest absolute Gasteiger partial charge is 0.425 e. The second-order valence-corrected chi connectivity index (χ2v) is 12.5. The monoisotopic (exact) mass is 625 g/mol. The van der Waals surface area contributed by atoms with Gasteiger partial charge in [0.1, 0.15) is 22.8 Å². The summed E-state index contributed by atoms with van der Waals surface area (Å²) in [5, 5.41) is 0.224. The molecule has 3 rings (SSSR count). The van der Waals surface area contributed by atoms with Crippen molar-refractivity contribution in [3.63, 3.8) is 0 Å². The first kappa shape index (κ1) is 34.7. The summed E-state index contributed by atoms with van der Waals surface area (Å²) in [6.45, 7) is 13.6. The quantitative estimate of drug-likeness (QED) is 0.225. The number of methoxy groups -OCH3 is 3. The van der Waals surface area contributed by atoms with Gasteiger partial charge in [0.2, 0.25) is 0 Å². The Morgan fingerprint density at radius 1 is 0.867 bits per heavy atom. The first-order chi connectivity index (χ1) is 20.8. The summed E-state index contributed by atoms with van der Waals surface area (Å²) in [6, 6.07) is 5.16. The maximum atomic E-state index is 14.1. The van der Waals surface area contributed by atoms with Gasteiger partial charge in [-0.2, -0.15) is 14.9 Å². The number of aromatic nitrogens is 2. The predicted octanol–water partition coefficient (Wildman–Crippen LogP) is 6.07. The van der Waals surface area contributed by atoms with E-state index in [4.69, 9.17) is 28.7 Å². The molecule has 0 N–H and O–H groups in total. The number of benzene rings is 1. The molecular formula is C32H43N5O8. The topological polar surface area (TPSA) is 134 Å². The molecule has 13 heteroatoms. The number of aryl methyl sites for hydroxylation is 1. The Balaban J connectivity index is 2.72. The van der Waals surface area contributed by atoms with Crippen LogP contribution in [0.2, 0.25) is 0 Å². The number of fused-ring (bicyclic) bond motifs is 1. The number of carbonyl (C=O) groups is 3. The molecule has 0 unspecified atom stereocenters. The Kier molecular flexibility index (Phi) is 10.1. The Morgan fingerprint density at radius 2 is 1.42 bits per heavy atom. The van der Waals surface area contributed by atoms with Gasteiger partial charge >= 0.3 is 12.2 Å². The zero-order valence-electron chi connectivity index (χ0n) is 28.3. The summed E-state index contributed by atoms with van der Waals surface area (Å²) < 4.78 is 29.7. The highest BCUT2D eigenvalue weighted by Crippen LogP contribution is 2.43. The molecule has 2 heterocycles. The SMILES string of the molecule is COc1cc2c(C(=O)/N=C/N(C)C)c(N(C(=O)OC(C)(C)C)C(=O)OC(C)(C)C)n(-c3c(C)ccc(OC)c3C)c2nc1OC. The van der Waals surface area contributed by atoms with Crippen LogP contribution in [0.15, 0.2) is 23.2 Å². The lowest BCUT2D eigenvalue weighted by Crippen LogP contribution is -2.45. The number of pyridine rings is 1. The van der Waals surface area contributed by atoms with Crippen LogP contribution in [0.4, 0.5) is 15.4 Å². The first-order valence-corrected chi connectivity index (χ1v) is 14.2. The second kappa shape index (κ2) is 13.0. The number of nitrogens with zero attached hydrogens (tertiary/aromatic N) is 5. The first-order valence-electron chi connectivity index (χ1n) is 14.2. The van der Waals surface area contributed by atoms with Crippen molar-refractivity contribution in [2.24, 2.45) is 4.99 Å². The van der Waals surface area contributed by atoms with E-state index in [2.05, 4.69) is 4.99 Å². The number of hydrogen-bond donors (Lipinski definition) is 0. The van der Waals surface area contributed by atoms with Crippen molar-refractivity contribution in [2.45, 2.75) is 66.6 Å². The van der Waals surface area contributed by atoms with Crippen LogP contribution in [0.3, 0.4) is 0 Å². The summed E-state index contributed by atoms with van der Waals surface area (Å²) in [6.07, 6.45) is -0.844. The van der Waals surface area contributed by atoms with E-state index in [1.807, 2.05) is 19.9 Å². The molecule has 0 spiro atoms. The molecule has 0 aliphatic rings. The van der Waals surface area contributed by atoms with Crippen molar-refractivity contribution in [2.75, 3.05) is 40.3 Å². The standard InChI is InChI=1S/C32H43N5O8/c1-18-14-15-21(41-11)19(2)24(18)36-25-20(16-22(42-12)27(34-25)43-13)23(26(38)33-17-35(9)10)28(36)37(29(39)44-31(3,4)5)30(40)45-32(6,7)8/h14-17H,1-13H3/b33-17+. The molecule has 0 radical (unpaired) electrons. The third-order valence-corrected chi connectivity index (χ3v) is 6.27. The lowest BCUT2D eigenvalue weighted by atomic mass is 10.1. The van der Waals surface area contributed by atoms with Gasteiger partial charge in [-0.3, -0.25) is 9.36 Å². The van der Waals surface area contributed by atoms with Crippen LogP contribution in [0, 0.1) is 13.8 Å². The van der Waals surface area contributed by atoms with Crippen LogP contribution >= 0.6 is 0 Å². The van der Waals surface area contributed by atoms with Gasteiger partial charge < -0.3 is 28.6 Å². The Bertz CT molecular complexity index is 1620. The summed E-state index contributed by atoms with van der Waals surface area (Å²) in [5.74, 6) is -0.142. The third-order valence-electron chi connectivity index (χ3n) is 6.27. The van der Waals surface area contributed by atoms with Crippen molar-refractivity contribution in [3.8, 4) is 23.1 Å². The van der Waals surface area contributed by atoms with Gasteiger partial charge in [-0.05, 0) is 73.1 Å². The van der Waals surface area contributed by atoms with Gasteiger partial charge in [0.05, 0.1) is 38.9 Å². The molecular weight excluding hydrogens is 582 g/mol. The number of amides is 3. The Hall–Kier alpha value is -4.81. The highest BCUT2D eigenvalue weighted by atomic mass is 16.6. The number of hydrogen-bond acceptors (Lipinski definition) is 9. The maximum Gasteiger partial charge on any atom is 0.425 e. The molecule has 0 bridgehead atoms. The minimum absolute atomic E-state index is 0.102. The number of carbonyl (C=O) groups excluding carboxylic acids is 3. The molecule has 0 saturated heterocycles. The molecule has 45 heavy (non-hydrogen) atoms. The van der Waals surface area contributed by atoms with Gasteiger partial charge in [0, 0.05) is 25.0 Å². The van der Waals surface area contributed by atoms with Crippen LogP contribution in [0.1, 0.15) is 63.0 Å². The van der Waals surface area contributed by atoms with Crippen LogP contribution in [0.5, 0.6) is 17.4 Å². The van der Waals surface area contributed by atoms with Crippen LogP contribution in [-0.2, 0) is 9.47 Å². The van der Waals surface area contributed by atoms with Gasteiger partial charge in [0.15, 0.2) is 11.4 Å². The lowest BCUT2D eigenvalue weighted by Gasteiger charge is -2.30. The second-order valence-electron chi connectivity index (χ2n) is 12.5. The van der Waals surface area contributed by atoms with Gasteiger partial charge in [0.25, 0.3) is 11.8 Å². The number of anilines is 1. The molecule has 13 nitrogen and oxygen atoms in total. The molecule has 3 amide bonds. The van der Waals surface area contributed by atoms with Crippen LogP contribution < -0.4 is 19.1 Å². The summed E-state index contributed by atoms with van der Waals surface area (Å²) in [7, 11) is 7.79. The lowest BCUT2D eigenvalue weighted by molar-refractivity contribution is 0.0428. The van der Waals surface area contributed by atoms with E-state index in [-0.39, 0.29) is 34.0 Å². The van der Waals surface area contributed by atoms with E-state index in [0.29, 0.717) is 27.5 Å². The van der Waals surface area contributed by atoms with Crippen molar-refractivity contribution in [3.05, 3.63) is 34.9 Å². The normalized spacial score (nSPS) is 11.8. The van der Waals surface area contributed by atoms with E-state index in [9.17, 15) is 14.4 Å². The Labute approximate surface area is 263 Å². The molecule has 0 saturated carbocycles. The van der Waals surface area contributed by atoms with Crippen LogP contribution in [-0.4, -0.2) is 85.5 Å².